The number of aromatic nitrogens is 4. The monoisotopic (exact) mass is 467 g/mol. The summed E-state index contributed by atoms with van der Waals surface area (Å²) in [6.07, 6.45) is 0. The quantitative estimate of drug-likeness (QED) is 0.325. The Morgan fingerprint density at radius 2 is 1.76 bits per heavy atom. The van der Waals surface area contributed by atoms with E-state index in [-0.39, 0.29) is 11.9 Å². The zero-order chi connectivity index (χ0) is 23.7. The molecule has 1 atom stereocenters. The van der Waals surface area contributed by atoms with Crippen molar-refractivity contribution >= 4 is 34.2 Å². The molecule has 0 aliphatic heterocycles. The van der Waals surface area contributed by atoms with Crippen LogP contribution in [0.2, 0.25) is 0 Å². The largest absolute Gasteiger partial charge is 0.345 e. The summed E-state index contributed by atoms with van der Waals surface area (Å²) < 4.78 is 1.75. The minimum absolute atomic E-state index is 0.0901. The van der Waals surface area contributed by atoms with Gasteiger partial charge in [0.25, 0.3) is 11.7 Å². The van der Waals surface area contributed by atoms with Gasteiger partial charge in [-0.15, -0.1) is 5.10 Å². The van der Waals surface area contributed by atoms with Gasteiger partial charge in [-0.2, -0.15) is 4.98 Å². The van der Waals surface area contributed by atoms with E-state index in [1.165, 1.54) is 11.8 Å². The summed E-state index contributed by atoms with van der Waals surface area (Å²) in [6, 6.07) is 24.0. The number of benzene rings is 3. The Bertz CT molecular complexity index is 1500. The van der Waals surface area contributed by atoms with Crippen LogP contribution in [0.25, 0.3) is 16.6 Å². The zero-order valence-corrected chi connectivity index (χ0v) is 20.1. The molecule has 3 aromatic carbocycles. The SMILES string of the molecule is Cc1cc(C)n2nc(SCc3ccccc3C(=O)NC(C)c3cccc4ccccc34)nc2n1. The third-order valence-corrected chi connectivity index (χ3v) is 6.74. The first kappa shape index (κ1) is 22.1. The second-order valence-corrected chi connectivity index (χ2v) is 9.30. The van der Waals surface area contributed by atoms with E-state index in [4.69, 9.17) is 0 Å². The van der Waals surface area contributed by atoms with Gasteiger partial charge in [-0.25, -0.2) is 9.50 Å². The number of hydrogen-bond donors (Lipinski definition) is 1. The molecule has 1 unspecified atom stereocenters. The van der Waals surface area contributed by atoms with Crippen LogP contribution in [0, 0.1) is 13.8 Å². The molecule has 1 N–H and O–H groups in total. The summed E-state index contributed by atoms with van der Waals surface area (Å²) in [5.74, 6) is 1.09. The van der Waals surface area contributed by atoms with E-state index < -0.39 is 0 Å². The predicted octanol–water partition coefficient (Wildman–Crippen LogP) is 5.68. The summed E-state index contributed by atoms with van der Waals surface area (Å²) in [6.45, 7) is 5.96. The number of amides is 1. The smallest absolute Gasteiger partial charge is 0.253 e. The standard InChI is InChI=1S/C27H25N5OS/c1-17-15-18(2)32-26(28-17)30-27(31-32)34-16-21-10-5-7-13-24(21)25(33)29-19(3)22-14-8-11-20-9-4-6-12-23(20)22/h4-15,19H,16H2,1-3H3,(H,29,33). The molecule has 1 amide bonds. The van der Waals surface area contributed by atoms with Gasteiger partial charge in [0.05, 0.1) is 6.04 Å². The van der Waals surface area contributed by atoms with Crippen LogP contribution in [-0.2, 0) is 5.75 Å². The van der Waals surface area contributed by atoms with Gasteiger partial charge in [-0.3, -0.25) is 4.79 Å². The number of nitrogens with zero attached hydrogens (tertiary/aromatic N) is 4. The number of carbonyl (C=O) groups excluding carboxylic acids is 1. The zero-order valence-electron chi connectivity index (χ0n) is 19.3. The van der Waals surface area contributed by atoms with Gasteiger partial charge in [0.1, 0.15) is 0 Å². The maximum Gasteiger partial charge on any atom is 0.253 e. The number of nitrogens with one attached hydrogen (secondary N) is 1. The molecule has 5 aromatic rings. The highest BCUT2D eigenvalue weighted by atomic mass is 32.2. The fourth-order valence-electron chi connectivity index (χ4n) is 4.20. The van der Waals surface area contributed by atoms with Crippen molar-refractivity contribution in [2.24, 2.45) is 0 Å². The van der Waals surface area contributed by atoms with E-state index in [0.717, 1.165) is 33.3 Å². The lowest BCUT2D eigenvalue weighted by atomic mass is 9.99. The van der Waals surface area contributed by atoms with Crippen LogP contribution in [0.1, 0.15) is 45.8 Å². The van der Waals surface area contributed by atoms with Crippen molar-refractivity contribution < 1.29 is 4.79 Å². The average Bonchev–Trinajstić information content (AvgIpc) is 3.25. The lowest BCUT2D eigenvalue weighted by molar-refractivity contribution is 0.0939. The number of carbonyl (C=O) groups is 1. The Morgan fingerprint density at radius 1 is 1.00 bits per heavy atom. The van der Waals surface area contributed by atoms with E-state index in [2.05, 4.69) is 44.6 Å². The van der Waals surface area contributed by atoms with Crippen molar-refractivity contribution in [1.29, 1.82) is 0 Å². The second kappa shape index (κ2) is 9.27. The van der Waals surface area contributed by atoms with Crippen molar-refractivity contribution in [3.8, 4) is 0 Å². The second-order valence-electron chi connectivity index (χ2n) is 8.35. The molecule has 0 saturated heterocycles. The van der Waals surface area contributed by atoms with Gasteiger partial charge in [-0.1, -0.05) is 72.4 Å². The molecular weight excluding hydrogens is 442 g/mol. The number of aryl methyl sites for hydroxylation is 2. The highest BCUT2D eigenvalue weighted by Crippen LogP contribution is 2.26. The molecule has 6 nitrogen and oxygen atoms in total. The molecule has 0 spiro atoms. The molecule has 170 valence electrons. The fraction of sp³-hybridized carbons (Fsp3) is 0.185. The number of hydrogen-bond acceptors (Lipinski definition) is 5. The predicted molar refractivity (Wildman–Crippen MR) is 136 cm³/mol. The van der Waals surface area contributed by atoms with E-state index in [0.29, 0.717) is 22.3 Å². The molecule has 0 aliphatic rings. The molecule has 0 fully saturated rings. The molecule has 5 rings (SSSR count). The van der Waals surface area contributed by atoms with E-state index in [1.807, 2.05) is 69.3 Å². The third-order valence-electron chi connectivity index (χ3n) is 5.86. The van der Waals surface area contributed by atoms with Crippen molar-refractivity contribution in [2.45, 2.75) is 37.7 Å². The summed E-state index contributed by atoms with van der Waals surface area (Å²) in [7, 11) is 0. The maximum absolute atomic E-state index is 13.3. The number of fused-ring (bicyclic) bond motifs is 2. The van der Waals surface area contributed by atoms with Crippen LogP contribution in [-0.4, -0.2) is 25.5 Å². The molecule has 2 aromatic heterocycles. The normalized spacial score (nSPS) is 12.2. The van der Waals surface area contributed by atoms with Crippen molar-refractivity contribution in [2.75, 3.05) is 0 Å². The minimum Gasteiger partial charge on any atom is -0.345 e. The number of thioether (sulfide) groups is 1. The van der Waals surface area contributed by atoms with Crippen LogP contribution in [0.3, 0.4) is 0 Å². The van der Waals surface area contributed by atoms with Gasteiger partial charge >= 0.3 is 0 Å². The summed E-state index contributed by atoms with van der Waals surface area (Å²) in [5.41, 5.74) is 4.61. The highest BCUT2D eigenvalue weighted by Gasteiger charge is 2.17. The van der Waals surface area contributed by atoms with Gasteiger partial charge in [0, 0.05) is 22.7 Å². The highest BCUT2D eigenvalue weighted by molar-refractivity contribution is 7.98. The Morgan fingerprint density at radius 3 is 2.65 bits per heavy atom. The van der Waals surface area contributed by atoms with Crippen LogP contribution in [0.4, 0.5) is 0 Å². The van der Waals surface area contributed by atoms with Crippen molar-refractivity contribution in [1.82, 2.24) is 24.9 Å². The molecular formula is C27H25N5OS. The summed E-state index contributed by atoms with van der Waals surface area (Å²) >= 11 is 1.50. The lowest BCUT2D eigenvalue weighted by Gasteiger charge is -2.18. The average molecular weight is 468 g/mol. The Kier molecular flexibility index (Phi) is 6.02. The van der Waals surface area contributed by atoms with Crippen molar-refractivity contribution in [3.63, 3.8) is 0 Å². The molecule has 0 bridgehead atoms. The topological polar surface area (TPSA) is 72.2 Å². The number of rotatable bonds is 6. The van der Waals surface area contributed by atoms with Gasteiger partial charge < -0.3 is 5.32 Å². The lowest BCUT2D eigenvalue weighted by Crippen LogP contribution is -2.27. The van der Waals surface area contributed by atoms with Gasteiger partial charge in [0.15, 0.2) is 0 Å². The third kappa shape index (κ3) is 4.39. The van der Waals surface area contributed by atoms with Crippen LogP contribution in [0.5, 0.6) is 0 Å². The molecule has 2 heterocycles. The molecule has 7 heteroatoms. The summed E-state index contributed by atoms with van der Waals surface area (Å²) in [5, 5.41) is 10.7. The molecule has 0 aliphatic carbocycles. The van der Waals surface area contributed by atoms with Crippen molar-refractivity contribution in [3.05, 3.63) is 101 Å². The van der Waals surface area contributed by atoms with Crippen LogP contribution >= 0.6 is 11.8 Å². The van der Waals surface area contributed by atoms with Crippen LogP contribution < -0.4 is 5.32 Å². The van der Waals surface area contributed by atoms with E-state index in [1.54, 1.807) is 4.52 Å². The summed E-state index contributed by atoms with van der Waals surface area (Å²) in [4.78, 5) is 22.3. The molecule has 0 saturated carbocycles. The maximum atomic E-state index is 13.3. The van der Waals surface area contributed by atoms with E-state index >= 15 is 0 Å². The molecule has 34 heavy (non-hydrogen) atoms. The Hall–Kier alpha value is -3.71. The fourth-order valence-corrected chi connectivity index (χ4v) is 5.02. The first-order valence-corrected chi connectivity index (χ1v) is 12.2. The minimum atomic E-state index is -0.128. The van der Waals surface area contributed by atoms with Gasteiger partial charge in [0.2, 0.25) is 5.16 Å². The molecule has 0 radical (unpaired) electrons. The van der Waals surface area contributed by atoms with Gasteiger partial charge in [-0.05, 0) is 54.8 Å². The first-order valence-electron chi connectivity index (χ1n) is 11.2. The van der Waals surface area contributed by atoms with E-state index in [9.17, 15) is 4.79 Å². The Balaban J connectivity index is 1.34. The van der Waals surface area contributed by atoms with Crippen LogP contribution in [0.15, 0.2) is 78.0 Å². The first-order chi connectivity index (χ1) is 16.5. The Labute approximate surface area is 202 Å².